The second-order valence-corrected chi connectivity index (χ2v) is 8.09. The molecule has 1 aromatic rings. The number of halogens is 1. The summed E-state index contributed by atoms with van der Waals surface area (Å²) in [5.74, 6) is 1.01. The van der Waals surface area contributed by atoms with Gasteiger partial charge in [-0.05, 0) is 30.7 Å². The van der Waals surface area contributed by atoms with Crippen molar-refractivity contribution in [3.05, 3.63) is 29.3 Å². The maximum Gasteiger partial charge on any atom is 0.325 e. The summed E-state index contributed by atoms with van der Waals surface area (Å²) in [7, 11) is 1.61. The van der Waals surface area contributed by atoms with Crippen LogP contribution in [0.4, 0.5) is 4.79 Å². The molecule has 0 spiro atoms. The van der Waals surface area contributed by atoms with E-state index in [9.17, 15) is 14.7 Å². The van der Waals surface area contributed by atoms with Gasteiger partial charge < -0.3 is 19.6 Å². The van der Waals surface area contributed by atoms with Crippen LogP contribution in [0.3, 0.4) is 0 Å². The lowest BCUT2D eigenvalue weighted by Gasteiger charge is -2.36. The molecule has 2 N–H and O–H groups in total. The number of carbonyl (C=O) groups is 2. The van der Waals surface area contributed by atoms with Gasteiger partial charge in [0.2, 0.25) is 0 Å². The number of ether oxygens (including phenoxy) is 1. The van der Waals surface area contributed by atoms with E-state index < -0.39 is 30.2 Å². The molecule has 1 saturated heterocycles. The summed E-state index contributed by atoms with van der Waals surface area (Å²) < 4.78 is 5.60. The van der Waals surface area contributed by atoms with E-state index in [0.29, 0.717) is 15.9 Å². The molecule has 8 nitrogen and oxygen atoms in total. The molecule has 1 aromatic carbocycles. The SMILES string of the molecule is CCCSC1=NC2C(C(=O)NC(=O)N2C)N1CC(O)COc1ccc(Cl)cc1. The maximum absolute atomic E-state index is 12.4. The molecule has 3 atom stereocenters. The Kier molecular flexibility index (Phi) is 6.69. The predicted molar refractivity (Wildman–Crippen MR) is 109 cm³/mol. The van der Waals surface area contributed by atoms with Crippen LogP contribution in [-0.2, 0) is 4.79 Å². The van der Waals surface area contributed by atoms with Gasteiger partial charge in [-0.2, -0.15) is 0 Å². The highest BCUT2D eigenvalue weighted by Crippen LogP contribution is 2.29. The Bertz CT molecular complexity index is 760. The second kappa shape index (κ2) is 9.02. The lowest BCUT2D eigenvalue weighted by atomic mass is 10.1. The number of hydrogen-bond acceptors (Lipinski definition) is 7. The fourth-order valence-corrected chi connectivity index (χ4v) is 4.06. The van der Waals surface area contributed by atoms with Crippen LogP contribution in [0.5, 0.6) is 5.75 Å². The Morgan fingerprint density at radius 3 is 2.75 bits per heavy atom. The van der Waals surface area contributed by atoms with E-state index in [-0.39, 0.29) is 13.2 Å². The molecule has 10 heteroatoms. The van der Waals surface area contributed by atoms with Gasteiger partial charge in [0.25, 0.3) is 5.91 Å². The first-order valence-electron chi connectivity index (χ1n) is 9.02. The first kappa shape index (κ1) is 20.8. The number of thioether (sulfide) groups is 1. The molecule has 0 aromatic heterocycles. The number of aliphatic hydroxyl groups is 1. The van der Waals surface area contributed by atoms with Crippen molar-refractivity contribution in [1.82, 2.24) is 15.1 Å². The minimum absolute atomic E-state index is 0.0532. The average molecular weight is 427 g/mol. The van der Waals surface area contributed by atoms with Crippen molar-refractivity contribution in [2.24, 2.45) is 4.99 Å². The Morgan fingerprint density at radius 1 is 1.36 bits per heavy atom. The van der Waals surface area contributed by atoms with Gasteiger partial charge in [-0.1, -0.05) is 30.3 Å². The number of amides is 3. The quantitative estimate of drug-likeness (QED) is 0.690. The van der Waals surface area contributed by atoms with Gasteiger partial charge in [-0.25, -0.2) is 9.79 Å². The summed E-state index contributed by atoms with van der Waals surface area (Å²) in [5, 5.41) is 14.1. The molecular formula is C18H23ClN4O4S. The van der Waals surface area contributed by atoms with Crippen molar-refractivity contribution in [3.63, 3.8) is 0 Å². The van der Waals surface area contributed by atoms with Gasteiger partial charge in [-0.15, -0.1) is 0 Å². The summed E-state index contributed by atoms with van der Waals surface area (Å²) in [4.78, 5) is 32.1. The molecule has 3 amide bonds. The van der Waals surface area contributed by atoms with Crippen molar-refractivity contribution >= 4 is 40.5 Å². The van der Waals surface area contributed by atoms with Crippen molar-refractivity contribution in [3.8, 4) is 5.75 Å². The van der Waals surface area contributed by atoms with Crippen molar-refractivity contribution < 1.29 is 19.4 Å². The van der Waals surface area contributed by atoms with Gasteiger partial charge in [-0.3, -0.25) is 10.1 Å². The number of β-amino-alcohol motifs (C(OH)–C–C–N with tert-alkyl or cyclic N) is 1. The van der Waals surface area contributed by atoms with E-state index in [1.165, 1.54) is 16.7 Å². The summed E-state index contributed by atoms with van der Waals surface area (Å²) in [6.45, 7) is 2.27. The zero-order valence-corrected chi connectivity index (χ0v) is 17.2. The Labute approximate surface area is 172 Å². The van der Waals surface area contributed by atoms with Crippen molar-refractivity contribution in [2.75, 3.05) is 26.0 Å². The standard InChI is InChI=1S/C18H23ClN4O4S/c1-3-8-28-18-20-15-14(16(25)21-17(26)22(15)2)23(18)9-12(24)10-27-13-6-4-11(19)5-7-13/h4-7,12,14-15,24H,3,8-10H2,1-2H3,(H,21,25,26). The molecule has 2 aliphatic rings. The van der Waals surface area contributed by atoms with Crippen LogP contribution in [0.1, 0.15) is 13.3 Å². The van der Waals surface area contributed by atoms with E-state index >= 15 is 0 Å². The Morgan fingerprint density at radius 2 is 2.07 bits per heavy atom. The number of nitrogens with zero attached hydrogens (tertiary/aromatic N) is 3. The normalized spacial score (nSPS) is 22.6. The van der Waals surface area contributed by atoms with E-state index in [4.69, 9.17) is 16.3 Å². The van der Waals surface area contributed by atoms with Gasteiger partial charge in [0, 0.05) is 17.8 Å². The maximum atomic E-state index is 12.4. The first-order valence-corrected chi connectivity index (χ1v) is 10.4. The van der Waals surface area contributed by atoms with Crippen LogP contribution in [0, 0.1) is 0 Å². The number of rotatable bonds is 7. The monoisotopic (exact) mass is 426 g/mol. The molecule has 1 fully saturated rings. The molecule has 0 bridgehead atoms. The summed E-state index contributed by atoms with van der Waals surface area (Å²) in [6, 6.07) is 5.73. The van der Waals surface area contributed by atoms with Crippen LogP contribution < -0.4 is 10.1 Å². The number of hydrogen-bond donors (Lipinski definition) is 2. The van der Waals surface area contributed by atoms with E-state index in [1.54, 1.807) is 36.2 Å². The highest BCUT2D eigenvalue weighted by atomic mass is 35.5. The van der Waals surface area contributed by atoms with Crippen LogP contribution in [0.2, 0.25) is 5.02 Å². The molecule has 2 aliphatic heterocycles. The highest BCUT2D eigenvalue weighted by molar-refractivity contribution is 8.13. The molecule has 0 radical (unpaired) electrons. The lowest BCUT2D eigenvalue weighted by Crippen LogP contribution is -2.64. The minimum atomic E-state index is -0.849. The molecule has 3 rings (SSSR count). The van der Waals surface area contributed by atoms with Gasteiger partial charge in [0.15, 0.2) is 17.4 Å². The van der Waals surface area contributed by atoms with Crippen LogP contribution >= 0.6 is 23.4 Å². The zero-order valence-electron chi connectivity index (χ0n) is 15.7. The van der Waals surface area contributed by atoms with E-state index in [1.807, 2.05) is 0 Å². The fourth-order valence-electron chi connectivity index (χ4n) is 3.01. The van der Waals surface area contributed by atoms with Crippen LogP contribution in [0.15, 0.2) is 29.3 Å². The average Bonchev–Trinajstić information content (AvgIpc) is 3.03. The largest absolute Gasteiger partial charge is 0.491 e. The number of imide groups is 1. The van der Waals surface area contributed by atoms with E-state index in [2.05, 4.69) is 17.2 Å². The van der Waals surface area contributed by atoms with Gasteiger partial charge in [0.1, 0.15) is 18.5 Å². The van der Waals surface area contributed by atoms with E-state index in [0.717, 1.165) is 12.2 Å². The van der Waals surface area contributed by atoms with Crippen LogP contribution in [-0.4, -0.2) is 76.3 Å². The van der Waals surface area contributed by atoms with Crippen molar-refractivity contribution in [1.29, 1.82) is 0 Å². The molecule has 0 aliphatic carbocycles. The summed E-state index contributed by atoms with van der Waals surface area (Å²) in [5.41, 5.74) is 0. The second-order valence-electron chi connectivity index (χ2n) is 6.60. The van der Waals surface area contributed by atoms with Gasteiger partial charge >= 0.3 is 6.03 Å². The lowest BCUT2D eigenvalue weighted by molar-refractivity contribution is -0.127. The number of aliphatic imine (C=N–C) groups is 1. The Hall–Kier alpha value is -1.97. The molecular weight excluding hydrogens is 404 g/mol. The zero-order chi connectivity index (χ0) is 20.3. The number of amidine groups is 1. The fraction of sp³-hybridized carbons (Fsp3) is 0.500. The smallest absolute Gasteiger partial charge is 0.325 e. The molecule has 152 valence electrons. The third kappa shape index (κ3) is 4.53. The number of nitrogens with one attached hydrogen (secondary N) is 1. The molecule has 28 heavy (non-hydrogen) atoms. The number of likely N-dealkylation sites (N-methyl/N-ethyl adjacent to an activating group) is 1. The number of carbonyl (C=O) groups excluding carboxylic acids is 2. The number of urea groups is 1. The summed E-state index contributed by atoms with van der Waals surface area (Å²) in [6.07, 6.45) is -0.502. The highest BCUT2D eigenvalue weighted by Gasteiger charge is 2.48. The molecule has 3 unspecified atom stereocenters. The van der Waals surface area contributed by atoms with Crippen LogP contribution in [0.25, 0.3) is 0 Å². The topological polar surface area (TPSA) is 94.5 Å². The third-order valence-electron chi connectivity index (χ3n) is 4.42. The third-order valence-corrected chi connectivity index (χ3v) is 5.88. The van der Waals surface area contributed by atoms with Crippen molar-refractivity contribution in [2.45, 2.75) is 31.7 Å². The minimum Gasteiger partial charge on any atom is -0.491 e. The van der Waals surface area contributed by atoms with Gasteiger partial charge in [0.05, 0.1) is 6.54 Å². The first-order chi connectivity index (χ1) is 13.4. The Balaban J connectivity index is 1.68. The number of aliphatic hydroxyl groups excluding tert-OH is 1. The molecule has 2 heterocycles. The number of benzene rings is 1. The molecule has 0 saturated carbocycles. The number of fused-ring (bicyclic) bond motifs is 1. The predicted octanol–water partition coefficient (Wildman–Crippen LogP) is 1.77. The summed E-state index contributed by atoms with van der Waals surface area (Å²) >= 11 is 7.37.